The molecule has 0 aliphatic carbocycles. The summed E-state index contributed by atoms with van der Waals surface area (Å²) in [7, 11) is 0. The maximum Gasteiger partial charge on any atom is 0.224 e. The minimum absolute atomic E-state index is 0.154. The van der Waals surface area contributed by atoms with Crippen LogP contribution < -0.4 is 5.32 Å². The molecule has 0 radical (unpaired) electrons. The molecule has 24 heavy (non-hydrogen) atoms. The van der Waals surface area contributed by atoms with Gasteiger partial charge in [-0.1, -0.05) is 18.6 Å². The average Bonchev–Trinajstić information content (AvgIpc) is 3.26. The number of rotatable bonds is 4. The monoisotopic (exact) mass is 323 g/mol. The highest BCUT2D eigenvalue weighted by atomic mass is 16.1. The van der Waals surface area contributed by atoms with E-state index in [1.807, 2.05) is 24.5 Å². The fraction of sp³-hybridized carbons (Fsp3) is 0.450. The predicted molar refractivity (Wildman–Crippen MR) is 95.2 cm³/mol. The number of amides is 1. The van der Waals surface area contributed by atoms with Crippen molar-refractivity contribution in [3.8, 4) is 5.69 Å². The molecule has 0 saturated carbocycles. The van der Waals surface area contributed by atoms with E-state index in [1.54, 1.807) is 0 Å². The van der Waals surface area contributed by atoms with Crippen LogP contribution in [0, 0.1) is 0 Å². The van der Waals surface area contributed by atoms with E-state index in [0.717, 1.165) is 24.2 Å². The topological polar surface area (TPSA) is 37.3 Å². The summed E-state index contributed by atoms with van der Waals surface area (Å²) in [4.78, 5) is 15.0. The molecule has 2 saturated heterocycles. The van der Waals surface area contributed by atoms with Gasteiger partial charge in [0.25, 0.3) is 0 Å². The molecule has 0 bridgehead atoms. The molecular formula is C20H25N3O. The second-order valence-electron chi connectivity index (χ2n) is 7.00. The minimum Gasteiger partial charge on any atom is -0.351 e. The summed E-state index contributed by atoms with van der Waals surface area (Å²) in [5.74, 6) is 0.154. The molecule has 1 aromatic carbocycles. The van der Waals surface area contributed by atoms with Gasteiger partial charge in [0.2, 0.25) is 5.91 Å². The first-order valence-electron chi connectivity index (χ1n) is 9.05. The van der Waals surface area contributed by atoms with Crippen molar-refractivity contribution < 1.29 is 4.79 Å². The van der Waals surface area contributed by atoms with Crippen LogP contribution in [-0.2, 0) is 11.2 Å². The standard InChI is InChI=1S/C20H25N3O/c24-20(21-18-10-14-23-13-2-1-5-19(18)23)15-16-6-8-17(9-7-16)22-11-3-4-12-22/h3-4,6-9,11-12,18-19H,1-2,5,10,13-15H2,(H,21,24)/t18-,19-/m0/s1. The molecule has 4 rings (SSSR count). The Balaban J connectivity index is 1.34. The van der Waals surface area contributed by atoms with Crippen molar-refractivity contribution in [3.05, 3.63) is 54.4 Å². The number of nitrogens with zero attached hydrogens (tertiary/aromatic N) is 2. The Kier molecular flexibility index (Phi) is 4.39. The van der Waals surface area contributed by atoms with Crippen molar-refractivity contribution in [3.63, 3.8) is 0 Å². The molecule has 2 aliphatic rings. The molecule has 0 spiro atoms. The fourth-order valence-corrected chi connectivity index (χ4v) is 4.15. The fourth-order valence-electron chi connectivity index (χ4n) is 4.15. The molecule has 3 heterocycles. The summed E-state index contributed by atoms with van der Waals surface area (Å²) in [5.41, 5.74) is 2.19. The van der Waals surface area contributed by atoms with Crippen LogP contribution >= 0.6 is 0 Å². The molecule has 0 unspecified atom stereocenters. The number of nitrogens with one attached hydrogen (secondary N) is 1. The van der Waals surface area contributed by atoms with Crippen molar-refractivity contribution in [2.45, 2.75) is 44.2 Å². The van der Waals surface area contributed by atoms with Crippen molar-refractivity contribution in [2.24, 2.45) is 0 Å². The Bertz CT molecular complexity index is 677. The molecule has 2 aliphatic heterocycles. The molecule has 2 fully saturated rings. The van der Waals surface area contributed by atoms with E-state index in [-0.39, 0.29) is 5.91 Å². The lowest BCUT2D eigenvalue weighted by atomic mass is 9.99. The number of carbonyl (C=O) groups excluding carboxylic acids is 1. The highest BCUT2D eigenvalue weighted by molar-refractivity contribution is 5.79. The Morgan fingerprint density at radius 3 is 2.62 bits per heavy atom. The summed E-state index contributed by atoms with van der Waals surface area (Å²) in [5, 5.41) is 3.28. The van der Waals surface area contributed by atoms with Gasteiger partial charge in [-0.2, -0.15) is 0 Å². The van der Waals surface area contributed by atoms with Crippen molar-refractivity contribution in [2.75, 3.05) is 13.1 Å². The van der Waals surface area contributed by atoms with Crippen LogP contribution in [0.4, 0.5) is 0 Å². The number of hydrogen-bond donors (Lipinski definition) is 1. The van der Waals surface area contributed by atoms with Gasteiger partial charge in [0, 0.05) is 36.7 Å². The number of aromatic nitrogens is 1. The van der Waals surface area contributed by atoms with E-state index in [9.17, 15) is 4.79 Å². The van der Waals surface area contributed by atoms with Crippen molar-refractivity contribution in [1.29, 1.82) is 0 Å². The van der Waals surface area contributed by atoms with Crippen LogP contribution in [0.5, 0.6) is 0 Å². The zero-order chi connectivity index (χ0) is 16.4. The van der Waals surface area contributed by atoms with Gasteiger partial charge in [0.15, 0.2) is 0 Å². The maximum absolute atomic E-state index is 12.4. The number of benzene rings is 1. The number of carbonyl (C=O) groups is 1. The first-order chi connectivity index (χ1) is 11.8. The highest BCUT2D eigenvalue weighted by Crippen LogP contribution is 2.27. The van der Waals surface area contributed by atoms with Gasteiger partial charge in [-0.3, -0.25) is 9.69 Å². The van der Waals surface area contributed by atoms with Gasteiger partial charge in [-0.05, 0) is 55.6 Å². The minimum atomic E-state index is 0.154. The lowest BCUT2D eigenvalue weighted by Gasteiger charge is -2.32. The lowest BCUT2D eigenvalue weighted by molar-refractivity contribution is -0.121. The van der Waals surface area contributed by atoms with Gasteiger partial charge in [0.05, 0.1) is 6.42 Å². The predicted octanol–water partition coefficient (Wildman–Crippen LogP) is 2.76. The van der Waals surface area contributed by atoms with E-state index in [4.69, 9.17) is 0 Å². The van der Waals surface area contributed by atoms with Crippen molar-refractivity contribution in [1.82, 2.24) is 14.8 Å². The third kappa shape index (κ3) is 3.24. The summed E-state index contributed by atoms with van der Waals surface area (Å²) >= 11 is 0. The third-order valence-corrected chi connectivity index (χ3v) is 5.41. The number of piperidine rings is 1. The Hall–Kier alpha value is -2.07. The van der Waals surface area contributed by atoms with E-state index < -0.39 is 0 Å². The summed E-state index contributed by atoms with van der Waals surface area (Å²) < 4.78 is 2.07. The van der Waals surface area contributed by atoms with E-state index in [2.05, 4.69) is 39.0 Å². The largest absolute Gasteiger partial charge is 0.351 e. The Morgan fingerprint density at radius 2 is 1.83 bits per heavy atom. The van der Waals surface area contributed by atoms with Gasteiger partial charge in [-0.15, -0.1) is 0 Å². The second-order valence-corrected chi connectivity index (χ2v) is 7.00. The first kappa shape index (κ1) is 15.5. The van der Waals surface area contributed by atoms with Crippen LogP contribution in [0.15, 0.2) is 48.8 Å². The lowest BCUT2D eigenvalue weighted by Crippen LogP contribution is -2.47. The van der Waals surface area contributed by atoms with Gasteiger partial charge >= 0.3 is 0 Å². The van der Waals surface area contributed by atoms with Crippen LogP contribution in [0.25, 0.3) is 5.69 Å². The SMILES string of the molecule is O=C(Cc1ccc(-n2cccc2)cc1)N[C@H]1CCN2CCCC[C@@H]12. The van der Waals surface area contributed by atoms with Gasteiger partial charge in [0.1, 0.15) is 0 Å². The van der Waals surface area contributed by atoms with Crippen LogP contribution in [0.2, 0.25) is 0 Å². The molecule has 2 atom stereocenters. The number of hydrogen-bond acceptors (Lipinski definition) is 2. The molecule has 1 aromatic heterocycles. The molecule has 4 nitrogen and oxygen atoms in total. The van der Waals surface area contributed by atoms with Gasteiger partial charge in [-0.25, -0.2) is 0 Å². The third-order valence-electron chi connectivity index (χ3n) is 5.41. The molecular weight excluding hydrogens is 298 g/mol. The van der Waals surface area contributed by atoms with Crippen LogP contribution in [0.3, 0.4) is 0 Å². The maximum atomic E-state index is 12.4. The summed E-state index contributed by atoms with van der Waals surface area (Å²) in [6, 6.07) is 13.2. The Morgan fingerprint density at radius 1 is 1.04 bits per heavy atom. The smallest absolute Gasteiger partial charge is 0.224 e. The summed E-state index contributed by atoms with van der Waals surface area (Å²) in [6.45, 7) is 2.35. The van der Waals surface area contributed by atoms with E-state index in [0.29, 0.717) is 18.5 Å². The number of fused-ring (bicyclic) bond motifs is 1. The quantitative estimate of drug-likeness (QED) is 0.939. The highest BCUT2D eigenvalue weighted by Gasteiger charge is 2.36. The van der Waals surface area contributed by atoms with Gasteiger partial charge < -0.3 is 9.88 Å². The molecule has 4 heteroatoms. The average molecular weight is 323 g/mol. The first-order valence-corrected chi connectivity index (χ1v) is 9.05. The summed E-state index contributed by atoms with van der Waals surface area (Å²) in [6.07, 6.45) is 9.46. The molecule has 2 aromatic rings. The van der Waals surface area contributed by atoms with Crippen molar-refractivity contribution >= 4 is 5.91 Å². The zero-order valence-corrected chi connectivity index (χ0v) is 14.0. The zero-order valence-electron chi connectivity index (χ0n) is 14.0. The van der Waals surface area contributed by atoms with Crippen LogP contribution in [0.1, 0.15) is 31.2 Å². The normalized spacial score (nSPS) is 23.8. The van der Waals surface area contributed by atoms with E-state index in [1.165, 1.54) is 25.8 Å². The molecule has 1 N–H and O–H groups in total. The van der Waals surface area contributed by atoms with Crippen LogP contribution in [-0.4, -0.2) is 40.5 Å². The van der Waals surface area contributed by atoms with E-state index >= 15 is 0 Å². The molecule has 126 valence electrons. The Labute approximate surface area is 143 Å². The molecule has 1 amide bonds. The second kappa shape index (κ2) is 6.81.